The summed E-state index contributed by atoms with van der Waals surface area (Å²) < 4.78 is 7.23. The van der Waals surface area contributed by atoms with E-state index in [0.29, 0.717) is 44.4 Å². The van der Waals surface area contributed by atoms with E-state index in [2.05, 4.69) is 15.0 Å². The molecule has 2 aromatic heterocycles. The van der Waals surface area contributed by atoms with E-state index in [9.17, 15) is 14.7 Å². The van der Waals surface area contributed by atoms with Gasteiger partial charge in [-0.25, -0.2) is 9.59 Å². The van der Waals surface area contributed by atoms with Gasteiger partial charge in [0.05, 0.1) is 11.3 Å². The minimum atomic E-state index is -0.923. The first-order valence-electron chi connectivity index (χ1n) is 12.4. The number of carbonyl (C=O) groups is 1. The van der Waals surface area contributed by atoms with Crippen molar-refractivity contribution in [2.24, 2.45) is 0 Å². The van der Waals surface area contributed by atoms with Crippen LogP contribution in [0.2, 0.25) is 10.0 Å². The fourth-order valence-electron chi connectivity index (χ4n) is 4.73. The van der Waals surface area contributed by atoms with Gasteiger partial charge < -0.3 is 9.63 Å². The van der Waals surface area contributed by atoms with Crippen LogP contribution in [0.3, 0.4) is 0 Å². The first kappa shape index (κ1) is 27.5. The molecule has 0 atom stereocenters. The van der Waals surface area contributed by atoms with Crippen LogP contribution < -0.4 is 5.69 Å². The Bertz CT molecular complexity index is 1540. The normalized spacial score (nSPS) is 14.5. The molecule has 3 heterocycles. The third-order valence-corrected chi connectivity index (χ3v) is 8.24. The Labute approximate surface area is 239 Å². The SMILES string of the molecule is Cc1cn(C2CCN(Cc3cccc(C(=O)O)c3)CC2)c(=O)nc1SCc1cc(-c2cc(Cl)cc(Cl)c2)no1. The highest BCUT2D eigenvalue weighted by Crippen LogP contribution is 2.30. The summed E-state index contributed by atoms with van der Waals surface area (Å²) in [6.07, 6.45) is 3.54. The fraction of sp³-hybridized carbons (Fsp3) is 0.286. The summed E-state index contributed by atoms with van der Waals surface area (Å²) in [7, 11) is 0. The van der Waals surface area contributed by atoms with Crippen LogP contribution in [0.15, 0.2) is 69.1 Å². The smallest absolute Gasteiger partial charge is 0.348 e. The minimum Gasteiger partial charge on any atom is -0.478 e. The van der Waals surface area contributed by atoms with Crippen LogP contribution in [0, 0.1) is 6.92 Å². The summed E-state index contributed by atoms with van der Waals surface area (Å²) in [4.78, 5) is 30.8. The predicted octanol–water partition coefficient (Wildman–Crippen LogP) is 6.34. The molecule has 1 aliphatic heterocycles. The van der Waals surface area contributed by atoms with Crippen molar-refractivity contribution in [3.63, 3.8) is 0 Å². The average molecular weight is 586 g/mol. The summed E-state index contributed by atoms with van der Waals surface area (Å²) >= 11 is 13.6. The zero-order valence-electron chi connectivity index (χ0n) is 21.1. The number of thioether (sulfide) groups is 1. The first-order valence-corrected chi connectivity index (χ1v) is 14.2. The van der Waals surface area contributed by atoms with E-state index in [1.54, 1.807) is 41.0 Å². The molecule has 1 aliphatic rings. The Morgan fingerprint density at radius 3 is 2.59 bits per heavy atom. The molecule has 0 saturated carbocycles. The minimum absolute atomic E-state index is 0.0747. The fourth-order valence-corrected chi connectivity index (χ4v) is 6.10. The standard InChI is InChI=1S/C28H26Cl2N4O4S/c1-17-14-34(23-5-7-33(8-6-23)15-18-3-2-4-19(9-18)27(35)36)28(37)31-26(17)39-16-24-13-25(32-38-24)20-10-21(29)12-22(30)11-20/h2-4,9-14,23H,5-8,15-16H2,1H3,(H,35,36). The van der Waals surface area contributed by atoms with Gasteiger partial charge in [0.25, 0.3) is 0 Å². The molecule has 0 unspecified atom stereocenters. The van der Waals surface area contributed by atoms with Gasteiger partial charge in [-0.3, -0.25) is 9.47 Å². The van der Waals surface area contributed by atoms with Gasteiger partial charge in [0, 0.05) is 53.5 Å². The lowest BCUT2D eigenvalue weighted by Gasteiger charge is -2.33. The Balaban J connectivity index is 1.19. The quantitative estimate of drug-likeness (QED) is 0.189. The van der Waals surface area contributed by atoms with E-state index in [4.69, 9.17) is 27.7 Å². The Kier molecular flexibility index (Phi) is 8.42. The van der Waals surface area contributed by atoms with Gasteiger partial charge in [-0.05, 0) is 61.2 Å². The number of aromatic carboxylic acids is 1. The number of carboxylic acid groups (broad SMARTS) is 1. The number of carboxylic acids is 1. The summed E-state index contributed by atoms with van der Waals surface area (Å²) in [6, 6.07) is 14.1. The van der Waals surface area contributed by atoms with E-state index < -0.39 is 5.97 Å². The van der Waals surface area contributed by atoms with Crippen LogP contribution in [0.25, 0.3) is 11.3 Å². The lowest BCUT2D eigenvalue weighted by molar-refractivity contribution is 0.0696. The number of hydrogen-bond donors (Lipinski definition) is 1. The average Bonchev–Trinajstić information content (AvgIpc) is 3.38. The molecule has 5 rings (SSSR count). The zero-order chi connectivity index (χ0) is 27.5. The van der Waals surface area contributed by atoms with Crippen LogP contribution >= 0.6 is 35.0 Å². The molecule has 4 aromatic rings. The third-order valence-electron chi connectivity index (χ3n) is 6.69. The number of benzene rings is 2. The maximum atomic E-state index is 12.9. The molecule has 0 bridgehead atoms. The molecule has 1 saturated heterocycles. The second kappa shape index (κ2) is 12.0. The van der Waals surface area contributed by atoms with E-state index in [0.717, 1.165) is 42.6 Å². The maximum absolute atomic E-state index is 12.9. The molecule has 2 aromatic carbocycles. The van der Waals surface area contributed by atoms with Crippen molar-refractivity contribution in [1.29, 1.82) is 0 Å². The van der Waals surface area contributed by atoms with E-state index in [1.807, 2.05) is 25.3 Å². The zero-order valence-corrected chi connectivity index (χ0v) is 23.5. The van der Waals surface area contributed by atoms with Gasteiger partial charge in [0.1, 0.15) is 16.5 Å². The number of aromatic nitrogens is 3. The summed E-state index contributed by atoms with van der Waals surface area (Å²) in [5, 5.41) is 15.1. The Morgan fingerprint density at radius 2 is 1.87 bits per heavy atom. The van der Waals surface area contributed by atoms with Crippen molar-refractivity contribution in [3.05, 3.63) is 97.7 Å². The van der Waals surface area contributed by atoms with Gasteiger partial charge in [-0.1, -0.05) is 52.3 Å². The van der Waals surface area contributed by atoms with Crippen LogP contribution in [0.1, 0.15) is 46.1 Å². The second-order valence-electron chi connectivity index (χ2n) is 9.56. The molecule has 202 valence electrons. The number of rotatable bonds is 8. The van der Waals surface area contributed by atoms with Crippen molar-refractivity contribution in [2.75, 3.05) is 13.1 Å². The highest BCUT2D eigenvalue weighted by Gasteiger charge is 2.23. The molecule has 1 fully saturated rings. The molecule has 1 N–H and O–H groups in total. The predicted molar refractivity (Wildman–Crippen MR) is 152 cm³/mol. The molecule has 0 aliphatic carbocycles. The maximum Gasteiger partial charge on any atom is 0.348 e. The van der Waals surface area contributed by atoms with E-state index in [1.165, 1.54) is 11.8 Å². The molecular weight excluding hydrogens is 559 g/mol. The number of piperidine rings is 1. The molecule has 0 amide bonds. The molecular formula is C28H26Cl2N4O4S. The first-order chi connectivity index (χ1) is 18.7. The largest absolute Gasteiger partial charge is 0.478 e. The summed E-state index contributed by atoms with van der Waals surface area (Å²) in [5.41, 5.74) is 3.33. The molecule has 8 nitrogen and oxygen atoms in total. The van der Waals surface area contributed by atoms with Crippen molar-refractivity contribution in [2.45, 2.75) is 43.1 Å². The molecule has 11 heteroatoms. The number of likely N-dealkylation sites (tertiary alicyclic amines) is 1. The van der Waals surface area contributed by atoms with Crippen molar-refractivity contribution in [1.82, 2.24) is 19.6 Å². The third kappa shape index (κ3) is 6.73. The van der Waals surface area contributed by atoms with Gasteiger partial charge in [-0.2, -0.15) is 4.98 Å². The van der Waals surface area contributed by atoms with Gasteiger partial charge in [0.15, 0.2) is 0 Å². The van der Waals surface area contributed by atoms with Crippen molar-refractivity contribution >= 4 is 40.9 Å². The highest BCUT2D eigenvalue weighted by atomic mass is 35.5. The second-order valence-corrected chi connectivity index (χ2v) is 11.4. The van der Waals surface area contributed by atoms with Gasteiger partial charge >= 0.3 is 11.7 Å². The monoisotopic (exact) mass is 584 g/mol. The van der Waals surface area contributed by atoms with Gasteiger partial charge in [-0.15, -0.1) is 0 Å². The van der Waals surface area contributed by atoms with Crippen LogP contribution in [0.5, 0.6) is 0 Å². The number of hydrogen-bond acceptors (Lipinski definition) is 7. The highest BCUT2D eigenvalue weighted by molar-refractivity contribution is 7.98. The summed E-state index contributed by atoms with van der Waals surface area (Å²) in [6.45, 7) is 4.27. The number of halogens is 2. The van der Waals surface area contributed by atoms with Crippen LogP contribution in [-0.4, -0.2) is 43.8 Å². The molecule has 0 spiro atoms. The van der Waals surface area contributed by atoms with E-state index in [-0.39, 0.29) is 11.7 Å². The topological polar surface area (TPSA) is 101 Å². The molecule has 39 heavy (non-hydrogen) atoms. The lowest BCUT2D eigenvalue weighted by atomic mass is 10.0. The van der Waals surface area contributed by atoms with Crippen molar-refractivity contribution < 1.29 is 14.4 Å². The number of aryl methyl sites for hydroxylation is 1. The lowest BCUT2D eigenvalue weighted by Crippen LogP contribution is -2.38. The Morgan fingerprint density at radius 1 is 1.13 bits per heavy atom. The van der Waals surface area contributed by atoms with Crippen LogP contribution in [0.4, 0.5) is 0 Å². The Hall–Kier alpha value is -3.11. The van der Waals surface area contributed by atoms with E-state index >= 15 is 0 Å². The van der Waals surface area contributed by atoms with Gasteiger partial charge in [0.2, 0.25) is 0 Å². The molecule has 0 radical (unpaired) electrons. The van der Waals surface area contributed by atoms with Crippen molar-refractivity contribution in [3.8, 4) is 11.3 Å². The summed E-state index contributed by atoms with van der Waals surface area (Å²) in [5.74, 6) is 0.200. The van der Waals surface area contributed by atoms with Crippen LogP contribution in [-0.2, 0) is 12.3 Å². The number of nitrogens with zero attached hydrogens (tertiary/aromatic N) is 4.